The number of imidazole rings is 1. The Balaban J connectivity index is 1.52. The zero-order valence-electron chi connectivity index (χ0n) is 19.9. The van der Waals surface area contributed by atoms with Gasteiger partial charge in [-0.1, -0.05) is 86.3 Å². The molecular weight excluding hydrogens is 474 g/mol. The fourth-order valence-electron chi connectivity index (χ4n) is 3.58. The summed E-state index contributed by atoms with van der Waals surface area (Å²) in [6.07, 6.45) is 1.49. The van der Waals surface area contributed by atoms with Crippen LogP contribution in [0.3, 0.4) is 0 Å². The van der Waals surface area contributed by atoms with Gasteiger partial charge in [-0.25, -0.2) is 15.6 Å². The van der Waals surface area contributed by atoms with E-state index in [2.05, 4.69) is 15.5 Å². The first-order valence-electron chi connectivity index (χ1n) is 11.5. The van der Waals surface area contributed by atoms with Crippen molar-refractivity contribution in [2.75, 3.05) is 0 Å². The first-order chi connectivity index (χ1) is 17.4. The number of carbonyl (C=O) groups is 1. The first-order valence-corrected chi connectivity index (χ1v) is 12.3. The van der Waals surface area contributed by atoms with Crippen LogP contribution in [0, 0.1) is 11.1 Å². The van der Waals surface area contributed by atoms with Crippen LogP contribution in [0.5, 0.6) is 0 Å². The summed E-state index contributed by atoms with van der Waals surface area (Å²) >= 11 is 1.36. The van der Waals surface area contributed by atoms with Crippen LogP contribution < -0.4 is 10.7 Å². The molecule has 1 amide bonds. The Labute approximate surface area is 213 Å². The number of amides is 1. The number of aromatic nitrogens is 2. The monoisotopic (exact) mass is 501 g/mol. The smallest absolute Gasteiger partial charge is 0.253 e. The van der Waals surface area contributed by atoms with Crippen molar-refractivity contribution in [1.29, 1.82) is 0 Å². The van der Waals surface area contributed by atoms with Gasteiger partial charge in [0.15, 0.2) is 10.8 Å². The van der Waals surface area contributed by atoms with Crippen LogP contribution in [-0.2, 0) is 4.79 Å². The van der Waals surface area contributed by atoms with E-state index < -0.39 is 10.5 Å². The third kappa shape index (κ3) is 6.27. The number of nitrogens with one attached hydrogen (secondary N) is 3. The van der Waals surface area contributed by atoms with Crippen LogP contribution in [0.4, 0.5) is 5.69 Å². The molecule has 0 aliphatic heterocycles. The van der Waals surface area contributed by atoms with E-state index >= 15 is 0 Å². The van der Waals surface area contributed by atoms with Gasteiger partial charge in [-0.15, -0.1) is 0 Å². The van der Waals surface area contributed by atoms with E-state index in [4.69, 9.17) is 10.2 Å². The van der Waals surface area contributed by atoms with Gasteiger partial charge in [0.1, 0.15) is 0 Å². The third-order valence-electron chi connectivity index (χ3n) is 5.44. The highest BCUT2D eigenvalue weighted by Gasteiger charge is 2.26. The summed E-state index contributed by atoms with van der Waals surface area (Å²) in [5.74, 6) is -0.224. The second-order valence-corrected chi connectivity index (χ2v) is 9.57. The van der Waals surface area contributed by atoms with Crippen molar-refractivity contribution >= 4 is 29.6 Å². The average Bonchev–Trinajstić information content (AvgIpc) is 3.32. The minimum atomic E-state index is -0.993. The number of benzene rings is 3. The van der Waals surface area contributed by atoms with Gasteiger partial charge < -0.3 is 10.2 Å². The summed E-state index contributed by atoms with van der Waals surface area (Å²) in [6, 6.07) is 26.2. The zero-order valence-corrected chi connectivity index (χ0v) is 20.7. The van der Waals surface area contributed by atoms with E-state index in [1.54, 1.807) is 12.1 Å². The number of nitrogens with zero attached hydrogens (tertiary/aromatic N) is 2. The molecule has 1 heterocycles. The fraction of sp³-hybridized carbons (Fsp3) is 0.148. The molecule has 0 saturated carbocycles. The summed E-state index contributed by atoms with van der Waals surface area (Å²) in [5, 5.41) is 23.3. The van der Waals surface area contributed by atoms with E-state index in [0.717, 1.165) is 22.5 Å². The van der Waals surface area contributed by atoms with Crippen molar-refractivity contribution in [2.45, 2.75) is 24.3 Å². The van der Waals surface area contributed by atoms with E-state index in [1.807, 2.05) is 74.5 Å². The molecule has 0 aliphatic rings. The molecule has 0 radical (unpaired) electrons. The van der Waals surface area contributed by atoms with Crippen LogP contribution in [-0.4, -0.2) is 32.5 Å². The molecule has 0 saturated heterocycles. The van der Waals surface area contributed by atoms with Gasteiger partial charge in [0.25, 0.3) is 5.91 Å². The van der Waals surface area contributed by atoms with Gasteiger partial charge in [0.05, 0.1) is 22.9 Å². The minimum absolute atomic E-state index is 0.0190. The normalized spacial score (nSPS) is 13.1. The second-order valence-electron chi connectivity index (χ2n) is 8.44. The van der Waals surface area contributed by atoms with Gasteiger partial charge in [-0.05, 0) is 23.6 Å². The number of hydrogen-bond acceptors (Lipinski definition) is 6. The van der Waals surface area contributed by atoms with Gasteiger partial charge in [-0.3, -0.25) is 4.79 Å². The van der Waals surface area contributed by atoms with Crippen molar-refractivity contribution in [2.24, 2.45) is 11.0 Å². The van der Waals surface area contributed by atoms with E-state index in [0.29, 0.717) is 10.7 Å². The van der Waals surface area contributed by atoms with Crippen molar-refractivity contribution in [3.8, 4) is 22.5 Å². The topological polar surface area (TPSA) is 118 Å². The molecule has 0 fully saturated rings. The molecule has 2 atom stereocenters. The van der Waals surface area contributed by atoms with Gasteiger partial charge in [0.2, 0.25) is 0 Å². The Morgan fingerprint density at radius 2 is 1.64 bits per heavy atom. The Kier molecular flexibility index (Phi) is 8.29. The Hall–Kier alpha value is -3.76. The van der Waals surface area contributed by atoms with Crippen LogP contribution >= 0.6 is 11.8 Å². The molecule has 8 nitrogen and oxygen atoms in total. The quantitative estimate of drug-likeness (QED) is 0.154. The summed E-state index contributed by atoms with van der Waals surface area (Å²) in [7, 11) is 0. The lowest BCUT2D eigenvalue weighted by Gasteiger charge is -2.16. The van der Waals surface area contributed by atoms with Gasteiger partial charge >= 0.3 is 0 Å². The standard InChI is InChI=1S/C27H27N5O3S/c1-18(2)25(26(33)31-28-17-19-13-15-22(16-14-19)32(34)35)36-27-29-23(20-9-5-3-6-10-20)24(30-27)21-11-7-4-8-12-21/h3-18,25,32,34H,1-2H3,(H,29,30)(H,31,33)/b28-17-. The minimum Gasteiger partial charge on any atom is -0.595 e. The van der Waals surface area contributed by atoms with Crippen LogP contribution in [0.2, 0.25) is 0 Å². The van der Waals surface area contributed by atoms with Crippen molar-refractivity contribution in [1.82, 2.24) is 15.4 Å². The molecule has 2 unspecified atom stereocenters. The zero-order chi connectivity index (χ0) is 25.5. The molecule has 36 heavy (non-hydrogen) atoms. The number of carbonyl (C=O) groups excluding carboxylic acids is 1. The highest BCUT2D eigenvalue weighted by molar-refractivity contribution is 8.00. The Bertz CT molecular complexity index is 1250. The molecule has 9 heteroatoms. The van der Waals surface area contributed by atoms with E-state index in [1.165, 1.54) is 30.1 Å². The Morgan fingerprint density at radius 3 is 2.22 bits per heavy atom. The average molecular weight is 502 g/mol. The number of rotatable bonds is 9. The molecule has 0 bridgehead atoms. The summed E-state index contributed by atoms with van der Waals surface area (Å²) < 4.78 is 0. The third-order valence-corrected chi connectivity index (χ3v) is 6.87. The first kappa shape index (κ1) is 25.3. The number of hydrazone groups is 1. The number of aromatic amines is 1. The fourth-order valence-corrected chi connectivity index (χ4v) is 4.56. The predicted molar refractivity (Wildman–Crippen MR) is 142 cm³/mol. The van der Waals surface area contributed by atoms with E-state index in [-0.39, 0.29) is 17.5 Å². The van der Waals surface area contributed by atoms with Gasteiger partial charge in [0, 0.05) is 23.3 Å². The molecule has 4 rings (SSSR count). The van der Waals surface area contributed by atoms with Crippen LogP contribution in [0.15, 0.2) is 95.2 Å². The van der Waals surface area contributed by atoms with Crippen molar-refractivity contribution in [3.63, 3.8) is 0 Å². The maximum atomic E-state index is 13.0. The number of H-pyrrole nitrogens is 1. The molecule has 1 aromatic heterocycles. The lowest BCUT2D eigenvalue weighted by atomic mass is 10.1. The molecule has 4 aromatic rings. The lowest BCUT2D eigenvalue weighted by molar-refractivity contribution is -0.991. The number of quaternary nitrogens is 1. The SMILES string of the molecule is CC(C)C(Sc1nc(-c2ccccc2)c(-c2ccccc2)[nH]1)C(=O)N/N=C\c1ccc([NH+]([O-])O)cc1. The molecule has 4 N–H and O–H groups in total. The van der Waals surface area contributed by atoms with Crippen LogP contribution in [0.1, 0.15) is 19.4 Å². The number of hydrogen-bond donors (Lipinski definition) is 4. The lowest BCUT2D eigenvalue weighted by Crippen LogP contribution is -2.99. The van der Waals surface area contributed by atoms with Crippen molar-refractivity contribution in [3.05, 3.63) is 95.7 Å². The number of thioether (sulfide) groups is 1. The predicted octanol–water partition coefficient (Wildman–Crippen LogP) is 4.41. The maximum absolute atomic E-state index is 13.0. The maximum Gasteiger partial charge on any atom is 0.253 e. The summed E-state index contributed by atoms with van der Waals surface area (Å²) in [5.41, 5.74) is 7.21. The molecule has 3 aromatic carbocycles. The van der Waals surface area contributed by atoms with E-state index in [9.17, 15) is 10.0 Å². The molecule has 184 valence electrons. The highest BCUT2D eigenvalue weighted by atomic mass is 32.2. The summed E-state index contributed by atoms with van der Waals surface area (Å²) in [4.78, 5) is 21.3. The second kappa shape index (κ2) is 11.8. The molecular formula is C27H27N5O3S. The van der Waals surface area contributed by atoms with Crippen molar-refractivity contribution < 1.29 is 15.2 Å². The molecule has 0 aliphatic carbocycles. The molecule has 0 spiro atoms. The largest absolute Gasteiger partial charge is 0.595 e. The Morgan fingerprint density at radius 1 is 1.03 bits per heavy atom. The van der Waals surface area contributed by atoms with Crippen LogP contribution in [0.25, 0.3) is 22.5 Å². The van der Waals surface area contributed by atoms with Gasteiger partial charge in [-0.2, -0.15) is 10.3 Å². The highest BCUT2D eigenvalue weighted by Crippen LogP contribution is 2.35. The summed E-state index contributed by atoms with van der Waals surface area (Å²) in [6.45, 7) is 3.95.